The van der Waals surface area contributed by atoms with Crippen molar-refractivity contribution in [2.75, 3.05) is 5.32 Å². The number of anilines is 1. The molecule has 1 aliphatic heterocycles. The van der Waals surface area contributed by atoms with Gasteiger partial charge in [0, 0.05) is 17.7 Å². The smallest absolute Gasteiger partial charge is 0.408 e. The third-order valence-electron chi connectivity index (χ3n) is 4.83. The van der Waals surface area contributed by atoms with Gasteiger partial charge in [-0.1, -0.05) is 30.3 Å². The summed E-state index contributed by atoms with van der Waals surface area (Å²) in [4.78, 5) is 23.6. The largest absolute Gasteiger partial charge is 0.480 e. The highest BCUT2D eigenvalue weighted by Gasteiger charge is 2.33. The Bertz CT molecular complexity index is 944. The van der Waals surface area contributed by atoms with E-state index in [1.807, 2.05) is 30.3 Å². The van der Waals surface area contributed by atoms with E-state index >= 15 is 0 Å². The summed E-state index contributed by atoms with van der Waals surface area (Å²) in [5.74, 6) is -1.10. The first-order valence-corrected chi connectivity index (χ1v) is 9.69. The van der Waals surface area contributed by atoms with E-state index in [-0.39, 0.29) is 12.0 Å². The molecule has 0 saturated heterocycles. The summed E-state index contributed by atoms with van der Waals surface area (Å²) in [5.41, 5.74) is 4.57. The standard InChI is InChI=1S/C23H28N2O4/c1-22(2,3)29-21(28)24-19(20(26)27)12-14-7-6-8-15(11-14)16-9-10-18-17(13-16)23(4,5)25-18/h6-11,13,19,25H,12H2,1-5H3,(H,24,28)(H,26,27)/t19-/m0/s1. The van der Waals surface area contributed by atoms with E-state index < -0.39 is 23.7 Å². The zero-order chi connectivity index (χ0) is 21.4. The summed E-state index contributed by atoms with van der Waals surface area (Å²) in [6.07, 6.45) is -0.571. The molecule has 0 fully saturated rings. The molecule has 2 aromatic rings. The molecule has 0 saturated carbocycles. The van der Waals surface area contributed by atoms with Gasteiger partial charge < -0.3 is 20.5 Å². The van der Waals surface area contributed by atoms with Gasteiger partial charge in [0.1, 0.15) is 11.6 Å². The molecular weight excluding hydrogens is 368 g/mol. The van der Waals surface area contributed by atoms with Crippen LogP contribution in [0.1, 0.15) is 45.7 Å². The van der Waals surface area contributed by atoms with Gasteiger partial charge in [-0.15, -0.1) is 0 Å². The van der Waals surface area contributed by atoms with Crippen LogP contribution in [0.15, 0.2) is 42.5 Å². The van der Waals surface area contributed by atoms with Crippen molar-refractivity contribution < 1.29 is 19.4 Å². The maximum atomic E-state index is 12.0. The molecule has 0 aromatic heterocycles. The second-order valence-electron chi connectivity index (χ2n) is 8.95. The molecule has 3 N–H and O–H groups in total. The van der Waals surface area contributed by atoms with Crippen molar-refractivity contribution >= 4 is 17.7 Å². The van der Waals surface area contributed by atoms with Crippen LogP contribution >= 0.6 is 0 Å². The SMILES string of the molecule is CC(C)(C)OC(=O)N[C@@H](Cc1cccc(-c2ccc3c(c2)C(C)(C)N3)c1)C(=O)O. The zero-order valence-corrected chi connectivity index (χ0v) is 17.5. The zero-order valence-electron chi connectivity index (χ0n) is 17.5. The molecular formula is C23H28N2O4. The maximum Gasteiger partial charge on any atom is 0.408 e. The van der Waals surface area contributed by atoms with Crippen LogP contribution < -0.4 is 10.6 Å². The number of hydrogen-bond acceptors (Lipinski definition) is 4. The summed E-state index contributed by atoms with van der Waals surface area (Å²) in [5, 5.41) is 15.4. The Hall–Kier alpha value is -3.02. The van der Waals surface area contributed by atoms with Crippen LogP contribution in [-0.4, -0.2) is 28.8 Å². The number of benzene rings is 2. The van der Waals surface area contributed by atoms with Crippen molar-refractivity contribution in [1.82, 2.24) is 5.32 Å². The molecule has 0 spiro atoms. The van der Waals surface area contributed by atoms with Gasteiger partial charge in [-0.3, -0.25) is 0 Å². The van der Waals surface area contributed by atoms with Crippen LogP contribution in [-0.2, 0) is 21.5 Å². The van der Waals surface area contributed by atoms with Gasteiger partial charge in [-0.05, 0) is 63.4 Å². The van der Waals surface area contributed by atoms with Gasteiger partial charge in [0.25, 0.3) is 0 Å². The molecule has 0 radical (unpaired) electrons. The average molecular weight is 396 g/mol. The first-order chi connectivity index (χ1) is 13.4. The Morgan fingerprint density at radius 3 is 2.45 bits per heavy atom. The molecule has 1 heterocycles. The third kappa shape index (κ3) is 4.88. The number of hydrogen-bond donors (Lipinski definition) is 3. The highest BCUT2D eigenvalue weighted by Crippen LogP contribution is 2.42. The number of carbonyl (C=O) groups is 2. The quantitative estimate of drug-likeness (QED) is 0.691. The van der Waals surface area contributed by atoms with Crippen LogP contribution in [0.2, 0.25) is 0 Å². The maximum absolute atomic E-state index is 12.0. The number of alkyl carbamates (subject to hydrolysis) is 1. The Balaban J connectivity index is 1.77. The van der Waals surface area contributed by atoms with Crippen LogP contribution in [0.4, 0.5) is 10.5 Å². The average Bonchev–Trinajstić information content (AvgIpc) is 2.59. The monoisotopic (exact) mass is 396 g/mol. The second kappa shape index (κ2) is 7.43. The number of rotatable bonds is 5. The first kappa shape index (κ1) is 20.7. The lowest BCUT2D eigenvalue weighted by atomic mass is 9.83. The first-order valence-electron chi connectivity index (χ1n) is 9.69. The molecule has 29 heavy (non-hydrogen) atoms. The minimum atomic E-state index is -1.10. The topological polar surface area (TPSA) is 87.7 Å². The molecule has 6 heteroatoms. The molecule has 2 aromatic carbocycles. The highest BCUT2D eigenvalue weighted by atomic mass is 16.6. The minimum Gasteiger partial charge on any atom is -0.480 e. The fourth-order valence-corrected chi connectivity index (χ4v) is 3.45. The lowest BCUT2D eigenvalue weighted by Gasteiger charge is -2.40. The molecule has 0 bridgehead atoms. The number of fused-ring (bicyclic) bond motifs is 1. The van der Waals surface area contributed by atoms with E-state index in [1.54, 1.807) is 20.8 Å². The Morgan fingerprint density at radius 2 is 1.83 bits per heavy atom. The lowest BCUT2D eigenvalue weighted by molar-refractivity contribution is -0.139. The van der Waals surface area contributed by atoms with Crippen LogP contribution in [0.25, 0.3) is 11.1 Å². The molecule has 1 aliphatic rings. The molecule has 0 aliphatic carbocycles. The second-order valence-corrected chi connectivity index (χ2v) is 8.95. The van der Waals surface area contributed by atoms with Crippen molar-refractivity contribution in [3.8, 4) is 11.1 Å². The van der Waals surface area contributed by atoms with Crippen molar-refractivity contribution in [3.05, 3.63) is 53.6 Å². The fraction of sp³-hybridized carbons (Fsp3) is 0.391. The third-order valence-corrected chi connectivity index (χ3v) is 4.83. The summed E-state index contributed by atoms with van der Waals surface area (Å²) < 4.78 is 5.18. The van der Waals surface area contributed by atoms with Gasteiger partial charge in [0.15, 0.2) is 0 Å². The Kier molecular flexibility index (Phi) is 5.30. The molecule has 1 amide bonds. The molecule has 6 nitrogen and oxygen atoms in total. The number of carboxylic acids is 1. The number of amides is 1. The number of ether oxygens (including phenoxy) is 1. The minimum absolute atomic E-state index is 0.0469. The van der Waals surface area contributed by atoms with Crippen molar-refractivity contribution in [2.45, 2.75) is 58.2 Å². The summed E-state index contributed by atoms with van der Waals surface area (Å²) in [7, 11) is 0. The lowest BCUT2D eigenvalue weighted by Crippen LogP contribution is -2.44. The van der Waals surface area contributed by atoms with Crippen LogP contribution in [0.3, 0.4) is 0 Å². The fourth-order valence-electron chi connectivity index (χ4n) is 3.45. The number of aliphatic carboxylic acids is 1. The number of nitrogens with one attached hydrogen (secondary N) is 2. The Labute approximate surface area is 171 Å². The van der Waals surface area contributed by atoms with E-state index in [1.165, 1.54) is 5.56 Å². The van der Waals surface area contributed by atoms with Crippen molar-refractivity contribution in [2.24, 2.45) is 0 Å². The van der Waals surface area contributed by atoms with E-state index in [4.69, 9.17) is 4.74 Å². The molecule has 3 rings (SSSR count). The number of carboxylic acid groups (broad SMARTS) is 1. The van der Waals surface area contributed by atoms with Crippen molar-refractivity contribution in [3.63, 3.8) is 0 Å². The molecule has 0 unspecified atom stereocenters. The van der Waals surface area contributed by atoms with E-state index in [2.05, 4.69) is 36.6 Å². The summed E-state index contributed by atoms with van der Waals surface area (Å²) >= 11 is 0. The van der Waals surface area contributed by atoms with E-state index in [9.17, 15) is 14.7 Å². The summed E-state index contributed by atoms with van der Waals surface area (Å²) in [6, 6.07) is 12.9. The Morgan fingerprint density at radius 1 is 1.14 bits per heavy atom. The van der Waals surface area contributed by atoms with Gasteiger partial charge >= 0.3 is 12.1 Å². The highest BCUT2D eigenvalue weighted by molar-refractivity contribution is 5.80. The predicted molar refractivity (Wildman–Crippen MR) is 113 cm³/mol. The van der Waals surface area contributed by atoms with Gasteiger partial charge in [0.05, 0.1) is 5.54 Å². The van der Waals surface area contributed by atoms with E-state index in [0.29, 0.717) is 0 Å². The normalized spacial score (nSPS) is 15.3. The van der Waals surface area contributed by atoms with Crippen LogP contribution in [0, 0.1) is 0 Å². The van der Waals surface area contributed by atoms with Gasteiger partial charge in [-0.25, -0.2) is 9.59 Å². The molecule has 154 valence electrons. The van der Waals surface area contributed by atoms with Crippen LogP contribution in [0.5, 0.6) is 0 Å². The summed E-state index contributed by atoms with van der Waals surface area (Å²) in [6.45, 7) is 9.47. The van der Waals surface area contributed by atoms with Crippen molar-refractivity contribution in [1.29, 1.82) is 0 Å². The predicted octanol–water partition coefficient (Wildman–Crippen LogP) is 4.53. The number of carbonyl (C=O) groups excluding carboxylic acids is 1. The molecule has 1 atom stereocenters. The van der Waals surface area contributed by atoms with Gasteiger partial charge in [-0.2, -0.15) is 0 Å². The van der Waals surface area contributed by atoms with E-state index in [0.717, 1.165) is 22.4 Å². The van der Waals surface area contributed by atoms with Gasteiger partial charge in [0.2, 0.25) is 0 Å².